The van der Waals surface area contributed by atoms with E-state index in [1.807, 2.05) is 24.3 Å². The van der Waals surface area contributed by atoms with Crippen molar-refractivity contribution in [2.24, 2.45) is 0 Å². The number of rotatable bonds is 6. The molecular weight excluding hydrogens is 350 g/mol. The number of pyridine rings is 1. The number of aromatic nitrogens is 1. The van der Waals surface area contributed by atoms with Crippen LogP contribution < -0.4 is 10.2 Å². The van der Waals surface area contributed by atoms with Gasteiger partial charge in [0, 0.05) is 25.3 Å². The summed E-state index contributed by atoms with van der Waals surface area (Å²) in [5.74, 6) is 0.680. The number of amides is 1. The molecule has 3 rings (SSSR count). The monoisotopic (exact) mass is 373 g/mol. The van der Waals surface area contributed by atoms with Crippen molar-refractivity contribution in [2.75, 3.05) is 23.0 Å². The molecule has 6 nitrogen and oxygen atoms in total. The topological polar surface area (TPSA) is 79.4 Å². The minimum absolute atomic E-state index is 0.0188. The lowest BCUT2D eigenvalue weighted by Gasteiger charge is -2.22. The lowest BCUT2D eigenvalue weighted by Crippen LogP contribution is -2.35. The predicted molar refractivity (Wildman–Crippen MR) is 102 cm³/mol. The van der Waals surface area contributed by atoms with E-state index in [-0.39, 0.29) is 23.5 Å². The van der Waals surface area contributed by atoms with Crippen LogP contribution in [0.1, 0.15) is 29.3 Å². The van der Waals surface area contributed by atoms with Crippen LogP contribution in [0.25, 0.3) is 0 Å². The summed E-state index contributed by atoms with van der Waals surface area (Å²) in [5.41, 5.74) is 1.63. The highest BCUT2D eigenvalue weighted by atomic mass is 32.2. The van der Waals surface area contributed by atoms with Gasteiger partial charge in [-0.15, -0.1) is 0 Å². The van der Waals surface area contributed by atoms with Gasteiger partial charge in [0.25, 0.3) is 5.91 Å². The van der Waals surface area contributed by atoms with Crippen molar-refractivity contribution in [2.45, 2.75) is 25.9 Å². The van der Waals surface area contributed by atoms with Crippen LogP contribution in [0.5, 0.6) is 0 Å². The normalized spacial score (nSPS) is 18.4. The molecule has 1 N–H and O–H groups in total. The van der Waals surface area contributed by atoms with Gasteiger partial charge in [0.15, 0.2) is 9.84 Å². The maximum absolute atomic E-state index is 12.3. The molecule has 2 heterocycles. The lowest BCUT2D eigenvalue weighted by molar-refractivity contribution is 0.0941. The van der Waals surface area contributed by atoms with Crippen molar-refractivity contribution in [1.29, 1.82) is 0 Å². The van der Waals surface area contributed by atoms with Crippen molar-refractivity contribution in [3.05, 3.63) is 59.8 Å². The molecule has 1 aliphatic heterocycles. The van der Waals surface area contributed by atoms with Crippen LogP contribution in [0.2, 0.25) is 0 Å². The summed E-state index contributed by atoms with van der Waals surface area (Å²) in [6.07, 6.45) is 2.02. The fraction of sp³-hybridized carbons (Fsp3) is 0.368. The summed E-state index contributed by atoms with van der Waals surface area (Å²) in [6, 6.07) is 13.4. The highest BCUT2D eigenvalue weighted by Crippen LogP contribution is 2.16. The number of carbonyl (C=O) groups excluding carboxylic acids is 1. The van der Waals surface area contributed by atoms with E-state index in [0.717, 1.165) is 18.9 Å². The quantitative estimate of drug-likeness (QED) is 0.838. The van der Waals surface area contributed by atoms with Gasteiger partial charge in [-0.05, 0) is 31.0 Å². The van der Waals surface area contributed by atoms with Crippen molar-refractivity contribution in [3.63, 3.8) is 0 Å². The highest BCUT2D eigenvalue weighted by molar-refractivity contribution is 7.91. The SMILES string of the molecule is CCN(Cc1ccccc1)c1ccc(C(=O)NC2CCS(=O)(=O)C2)cn1. The fourth-order valence-electron chi connectivity index (χ4n) is 3.04. The van der Waals surface area contributed by atoms with Gasteiger partial charge in [-0.2, -0.15) is 0 Å². The number of nitrogens with zero attached hydrogens (tertiary/aromatic N) is 2. The standard InChI is InChI=1S/C19H23N3O3S/c1-2-22(13-15-6-4-3-5-7-15)18-9-8-16(12-20-18)19(23)21-17-10-11-26(24,25)14-17/h3-9,12,17H,2,10-11,13-14H2,1H3,(H,21,23). The van der Waals surface area contributed by atoms with Crippen LogP contribution in [0, 0.1) is 0 Å². The van der Waals surface area contributed by atoms with Gasteiger partial charge < -0.3 is 10.2 Å². The minimum atomic E-state index is -3.01. The van der Waals surface area contributed by atoms with E-state index in [1.54, 1.807) is 12.3 Å². The molecule has 0 radical (unpaired) electrons. The second-order valence-electron chi connectivity index (χ2n) is 6.48. The number of hydrogen-bond acceptors (Lipinski definition) is 5. The average molecular weight is 373 g/mol. The van der Waals surface area contributed by atoms with Crippen molar-refractivity contribution in [1.82, 2.24) is 10.3 Å². The van der Waals surface area contributed by atoms with E-state index in [2.05, 4.69) is 34.3 Å². The second-order valence-corrected chi connectivity index (χ2v) is 8.71. The van der Waals surface area contributed by atoms with Crippen molar-refractivity contribution < 1.29 is 13.2 Å². The van der Waals surface area contributed by atoms with E-state index >= 15 is 0 Å². The number of anilines is 1. The van der Waals surface area contributed by atoms with Gasteiger partial charge in [-0.1, -0.05) is 30.3 Å². The predicted octanol–water partition coefficient (Wildman–Crippen LogP) is 2.02. The first-order valence-electron chi connectivity index (χ1n) is 8.73. The zero-order chi connectivity index (χ0) is 18.6. The molecule has 0 saturated carbocycles. The number of carbonyl (C=O) groups is 1. The molecule has 1 aliphatic rings. The lowest BCUT2D eigenvalue weighted by atomic mass is 10.2. The summed E-state index contributed by atoms with van der Waals surface area (Å²) < 4.78 is 23.0. The molecular formula is C19H23N3O3S. The van der Waals surface area contributed by atoms with E-state index in [1.165, 1.54) is 5.56 Å². The maximum atomic E-state index is 12.3. The minimum Gasteiger partial charge on any atom is -0.353 e. The number of nitrogens with one attached hydrogen (secondary N) is 1. The molecule has 1 aromatic heterocycles. The Balaban J connectivity index is 1.64. The molecule has 1 unspecified atom stereocenters. The number of benzene rings is 1. The van der Waals surface area contributed by atoms with Crippen molar-refractivity contribution in [3.8, 4) is 0 Å². The summed E-state index contributed by atoms with van der Waals surface area (Å²) in [4.78, 5) is 18.8. The van der Waals surface area contributed by atoms with Crippen LogP contribution in [-0.2, 0) is 16.4 Å². The van der Waals surface area contributed by atoms with Crippen LogP contribution in [0.15, 0.2) is 48.7 Å². The third kappa shape index (κ3) is 4.60. The average Bonchev–Trinajstić information content (AvgIpc) is 2.99. The van der Waals surface area contributed by atoms with Crippen molar-refractivity contribution >= 4 is 21.6 Å². The van der Waals surface area contributed by atoms with E-state index in [0.29, 0.717) is 12.0 Å². The molecule has 138 valence electrons. The molecule has 1 amide bonds. The van der Waals surface area contributed by atoms with Gasteiger partial charge in [0.2, 0.25) is 0 Å². The third-order valence-corrected chi connectivity index (χ3v) is 6.27. The maximum Gasteiger partial charge on any atom is 0.253 e. The molecule has 1 atom stereocenters. The molecule has 2 aromatic rings. The second kappa shape index (κ2) is 7.86. The first kappa shape index (κ1) is 18.4. The third-order valence-electron chi connectivity index (χ3n) is 4.50. The Morgan fingerprint density at radius 2 is 2.00 bits per heavy atom. The molecule has 1 aromatic carbocycles. The van der Waals surface area contributed by atoms with Gasteiger partial charge in [0.05, 0.1) is 17.1 Å². The van der Waals surface area contributed by atoms with E-state index in [4.69, 9.17) is 0 Å². The zero-order valence-electron chi connectivity index (χ0n) is 14.8. The van der Waals surface area contributed by atoms with Gasteiger partial charge in [-0.25, -0.2) is 13.4 Å². The Kier molecular flexibility index (Phi) is 5.56. The molecule has 1 fully saturated rings. The summed E-state index contributed by atoms with van der Waals surface area (Å²) >= 11 is 0. The Labute approximate surface area is 154 Å². The van der Waals surface area contributed by atoms with Crippen LogP contribution >= 0.6 is 0 Å². The summed E-state index contributed by atoms with van der Waals surface area (Å²) in [6.45, 7) is 3.61. The zero-order valence-corrected chi connectivity index (χ0v) is 15.6. The molecule has 7 heteroatoms. The van der Waals surface area contributed by atoms with Crippen LogP contribution in [-0.4, -0.2) is 43.4 Å². The summed E-state index contributed by atoms with van der Waals surface area (Å²) in [5, 5.41) is 2.78. The van der Waals surface area contributed by atoms with Gasteiger partial charge >= 0.3 is 0 Å². The van der Waals surface area contributed by atoms with E-state index < -0.39 is 9.84 Å². The Morgan fingerprint density at radius 3 is 2.58 bits per heavy atom. The van der Waals surface area contributed by atoms with Crippen LogP contribution in [0.3, 0.4) is 0 Å². The fourth-order valence-corrected chi connectivity index (χ4v) is 4.72. The largest absolute Gasteiger partial charge is 0.353 e. The van der Waals surface area contributed by atoms with Gasteiger partial charge in [0.1, 0.15) is 5.82 Å². The first-order chi connectivity index (χ1) is 12.5. The molecule has 0 bridgehead atoms. The molecule has 26 heavy (non-hydrogen) atoms. The Morgan fingerprint density at radius 1 is 1.23 bits per heavy atom. The molecule has 0 spiro atoms. The number of hydrogen-bond donors (Lipinski definition) is 1. The van der Waals surface area contributed by atoms with Gasteiger partial charge in [-0.3, -0.25) is 4.79 Å². The molecule has 0 aliphatic carbocycles. The summed E-state index contributed by atoms with van der Waals surface area (Å²) in [7, 11) is -3.01. The first-order valence-corrected chi connectivity index (χ1v) is 10.5. The van der Waals surface area contributed by atoms with Crippen LogP contribution in [0.4, 0.5) is 5.82 Å². The Bertz CT molecular complexity index is 851. The highest BCUT2D eigenvalue weighted by Gasteiger charge is 2.29. The smallest absolute Gasteiger partial charge is 0.253 e. The number of sulfone groups is 1. The van der Waals surface area contributed by atoms with E-state index in [9.17, 15) is 13.2 Å². The molecule has 1 saturated heterocycles. The Hall–Kier alpha value is -2.41.